The predicted molar refractivity (Wildman–Crippen MR) is 142 cm³/mol. The number of rotatable bonds is 4. The second-order valence-corrected chi connectivity index (χ2v) is 15.1. The van der Waals surface area contributed by atoms with Crippen molar-refractivity contribution in [2.45, 2.75) is 112 Å². The van der Waals surface area contributed by atoms with Crippen molar-refractivity contribution in [3.8, 4) is 0 Å². The van der Waals surface area contributed by atoms with Gasteiger partial charge in [-0.15, -0.1) is 0 Å². The van der Waals surface area contributed by atoms with Gasteiger partial charge in [-0.3, -0.25) is 0 Å². The summed E-state index contributed by atoms with van der Waals surface area (Å²) in [5.74, 6) is 3.92. The van der Waals surface area contributed by atoms with Gasteiger partial charge in [0, 0.05) is 14.2 Å². The second kappa shape index (κ2) is 8.08. The van der Waals surface area contributed by atoms with Crippen molar-refractivity contribution in [3.05, 3.63) is 12.2 Å². The van der Waals surface area contributed by atoms with Crippen molar-refractivity contribution in [1.82, 2.24) is 0 Å². The molecular formula is C32H54O2. The molecule has 0 amide bonds. The van der Waals surface area contributed by atoms with Crippen LogP contribution in [0.2, 0.25) is 0 Å². The number of fused-ring (bicyclic) bond motifs is 7. The zero-order valence-corrected chi connectivity index (χ0v) is 23.8. The summed E-state index contributed by atoms with van der Waals surface area (Å²) in [6.45, 7) is 21.1. The Kier molecular flexibility index (Phi) is 6.01. The molecule has 0 bridgehead atoms. The standard InChI is InChI=1S/C32H54O2/c1-21(2)22-12-17-32(20-33-8)19-18-30(6)23(27(22)32)10-11-25-29(5)15-14-26(34-9)28(3,4)24(29)13-16-31(25,30)7/h22-27H,1,10-20H2,2-9H3/t22-,23+,24-,25+,26-,27+,29-,30+,31+,32+/m0/s1. The molecule has 0 heterocycles. The maximum Gasteiger partial charge on any atom is 0.0625 e. The van der Waals surface area contributed by atoms with Gasteiger partial charge in [-0.05, 0) is 128 Å². The van der Waals surface area contributed by atoms with Gasteiger partial charge in [-0.1, -0.05) is 46.8 Å². The van der Waals surface area contributed by atoms with E-state index in [1.54, 1.807) is 0 Å². The van der Waals surface area contributed by atoms with Crippen LogP contribution >= 0.6 is 0 Å². The minimum Gasteiger partial charge on any atom is -0.384 e. The molecule has 5 rings (SSSR count). The third-order valence-corrected chi connectivity index (χ3v) is 13.9. The van der Waals surface area contributed by atoms with Crippen LogP contribution in [0.25, 0.3) is 0 Å². The monoisotopic (exact) mass is 470 g/mol. The Morgan fingerprint density at radius 3 is 2.18 bits per heavy atom. The Hall–Kier alpha value is -0.340. The summed E-state index contributed by atoms with van der Waals surface area (Å²) in [7, 11) is 3.88. The Labute approximate surface area is 211 Å². The van der Waals surface area contributed by atoms with E-state index in [0.717, 1.165) is 30.3 Å². The maximum atomic E-state index is 6.06. The molecule has 0 aromatic carbocycles. The Bertz CT molecular complexity index is 816. The topological polar surface area (TPSA) is 18.5 Å². The van der Waals surface area contributed by atoms with Crippen molar-refractivity contribution in [2.24, 2.45) is 56.7 Å². The lowest BCUT2D eigenvalue weighted by Gasteiger charge is -2.73. The zero-order valence-electron chi connectivity index (χ0n) is 23.8. The molecule has 0 aliphatic heterocycles. The van der Waals surface area contributed by atoms with Gasteiger partial charge < -0.3 is 9.47 Å². The van der Waals surface area contributed by atoms with Crippen molar-refractivity contribution in [1.29, 1.82) is 0 Å². The Morgan fingerprint density at radius 1 is 0.794 bits per heavy atom. The van der Waals surface area contributed by atoms with Crippen molar-refractivity contribution in [3.63, 3.8) is 0 Å². The lowest BCUT2D eigenvalue weighted by Crippen LogP contribution is -2.67. The van der Waals surface area contributed by atoms with Crippen LogP contribution in [-0.2, 0) is 9.47 Å². The van der Waals surface area contributed by atoms with Crippen molar-refractivity contribution >= 4 is 0 Å². The average molecular weight is 471 g/mol. The number of methoxy groups -OCH3 is 2. The van der Waals surface area contributed by atoms with Crippen molar-refractivity contribution < 1.29 is 9.47 Å². The minimum absolute atomic E-state index is 0.275. The van der Waals surface area contributed by atoms with E-state index in [1.807, 2.05) is 14.2 Å². The summed E-state index contributed by atoms with van der Waals surface area (Å²) in [4.78, 5) is 0. The van der Waals surface area contributed by atoms with Crippen LogP contribution < -0.4 is 0 Å². The van der Waals surface area contributed by atoms with Gasteiger partial charge in [-0.25, -0.2) is 0 Å². The third kappa shape index (κ3) is 3.06. The summed E-state index contributed by atoms with van der Waals surface area (Å²) in [5.41, 5.74) is 3.44. The van der Waals surface area contributed by atoms with E-state index in [-0.39, 0.29) is 5.41 Å². The SMILES string of the molecule is C=C(C)[C@@H]1CC[C@]2(COC)CC[C@]3(C)[C@H](CC[C@@H]4[C@@]5(C)CC[C@H](OC)C(C)(C)[C@@H]5CC[C@]43C)[C@@H]12. The molecule has 5 aliphatic carbocycles. The quantitative estimate of drug-likeness (QED) is 0.385. The first-order valence-electron chi connectivity index (χ1n) is 14.6. The molecule has 0 unspecified atom stereocenters. The molecule has 2 nitrogen and oxygen atoms in total. The van der Waals surface area contributed by atoms with Crippen LogP contribution in [0.5, 0.6) is 0 Å². The fourth-order valence-corrected chi connectivity index (χ4v) is 12.2. The molecule has 2 heteroatoms. The lowest BCUT2D eigenvalue weighted by atomic mass is 9.32. The minimum atomic E-state index is 0.275. The summed E-state index contributed by atoms with van der Waals surface area (Å²) >= 11 is 0. The molecule has 0 spiro atoms. The molecule has 0 N–H and O–H groups in total. The lowest BCUT2D eigenvalue weighted by molar-refractivity contribution is -0.251. The molecule has 34 heavy (non-hydrogen) atoms. The van der Waals surface area contributed by atoms with E-state index in [1.165, 1.54) is 69.8 Å². The highest BCUT2D eigenvalue weighted by molar-refractivity contribution is 5.21. The molecule has 0 radical (unpaired) electrons. The fraction of sp³-hybridized carbons (Fsp3) is 0.938. The van der Waals surface area contributed by atoms with E-state index in [9.17, 15) is 0 Å². The maximum absolute atomic E-state index is 6.06. The summed E-state index contributed by atoms with van der Waals surface area (Å²) < 4.78 is 12.0. The van der Waals surface area contributed by atoms with Gasteiger partial charge in [0.2, 0.25) is 0 Å². The molecule has 5 aliphatic rings. The van der Waals surface area contributed by atoms with Crippen LogP contribution in [0.1, 0.15) is 106 Å². The van der Waals surface area contributed by atoms with Gasteiger partial charge in [0.15, 0.2) is 0 Å². The zero-order chi connectivity index (χ0) is 24.7. The molecule has 5 saturated carbocycles. The van der Waals surface area contributed by atoms with Gasteiger partial charge in [0.25, 0.3) is 0 Å². The molecule has 0 aromatic heterocycles. The smallest absolute Gasteiger partial charge is 0.0625 e. The number of allylic oxidation sites excluding steroid dienone is 1. The van der Waals surface area contributed by atoms with Gasteiger partial charge in [0.05, 0.1) is 12.7 Å². The van der Waals surface area contributed by atoms with Crippen LogP contribution in [0.15, 0.2) is 12.2 Å². The Morgan fingerprint density at radius 2 is 1.53 bits per heavy atom. The first-order valence-corrected chi connectivity index (χ1v) is 14.6. The van der Waals surface area contributed by atoms with Crippen LogP contribution in [0.4, 0.5) is 0 Å². The first-order chi connectivity index (χ1) is 15.9. The number of hydrogen-bond acceptors (Lipinski definition) is 2. The van der Waals surface area contributed by atoms with E-state index in [4.69, 9.17) is 9.47 Å². The Balaban J connectivity index is 1.53. The van der Waals surface area contributed by atoms with Crippen LogP contribution in [0, 0.1) is 56.7 Å². The molecule has 0 saturated heterocycles. The van der Waals surface area contributed by atoms with E-state index < -0.39 is 0 Å². The summed E-state index contributed by atoms with van der Waals surface area (Å²) in [6, 6.07) is 0. The van der Waals surface area contributed by atoms with E-state index in [2.05, 4.69) is 48.1 Å². The number of ether oxygens (including phenoxy) is 2. The highest BCUT2D eigenvalue weighted by Crippen LogP contribution is 2.77. The van der Waals surface area contributed by atoms with Crippen LogP contribution in [0.3, 0.4) is 0 Å². The molecule has 10 atom stereocenters. The largest absolute Gasteiger partial charge is 0.384 e. The summed E-state index contributed by atoms with van der Waals surface area (Å²) in [6.07, 6.45) is 14.1. The normalized spacial score (nSPS) is 53.9. The highest BCUT2D eigenvalue weighted by atomic mass is 16.5. The van der Waals surface area contributed by atoms with E-state index >= 15 is 0 Å². The van der Waals surface area contributed by atoms with Crippen LogP contribution in [-0.4, -0.2) is 26.9 Å². The average Bonchev–Trinajstić information content (AvgIpc) is 3.14. The van der Waals surface area contributed by atoms with Gasteiger partial charge >= 0.3 is 0 Å². The third-order valence-electron chi connectivity index (χ3n) is 13.9. The van der Waals surface area contributed by atoms with Gasteiger partial charge in [0.1, 0.15) is 0 Å². The molecular weight excluding hydrogens is 416 g/mol. The molecule has 5 fully saturated rings. The van der Waals surface area contributed by atoms with Crippen molar-refractivity contribution in [2.75, 3.05) is 20.8 Å². The second-order valence-electron chi connectivity index (χ2n) is 15.1. The number of hydrogen-bond donors (Lipinski definition) is 0. The fourth-order valence-electron chi connectivity index (χ4n) is 12.2. The molecule has 194 valence electrons. The molecule has 0 aromatic rings. The first kappa shape index (κ1) is 25.3. The van der Waals surface area contributed by atoms with E-state index in [0.29, 0.717) is 33.7 Å². The predicted octanol–water partition coefficient (Wildman–Crippen LogP) is 8.31. The summed E-state index contributed by atoms with van der Waals surface area (Å²) in [5, 5.41) is 0. The van der Waals surface area contributed by atoms with Gasteiger partial charge in [-0.2, -0.15) is 0 Å². The highest BCUT2D eigenvalue weighted by Gasteiger charge is 2.70.